The topological polar surface area (TPSA) is 102 Å². The minimum Gasteiger partial charge on any atom is -0.493 e. The van der Waals surface area contributed by atoms with Gasteiger partial charge in [0.25, 0.3) is 11.8 Å². The van der Waals surface area contributed by atoms with Gasteiger partial charge in [-0.05, 0) is 12.1 Å². The molecule has 0 bridgehead atoms. The normalized spacial score (nSPS) is 12.8. The van der Waals surface area contributed by atoms with Crippen LogP contribution in [-0.2, 0) is 0 Å². The van der Waals surface area contributed by atoms with Gasteiger partial charge in [0.1, 0.15) is 5.69 Å². The first-order chi connectivity index (χ1) is 12.5. The zero-order valence-electron chi connectivity index (χ0n) is 14.2. The predicted octanol–water partition coefficient (Wildman–Crippen LogP) is 2.21. The van der Waals surface area contributed by atoms with Gasteiger partial charge >= 0.3 is 5.97 Å². The molecule has 3 rings (SSSR count). The molecule has 134 valence electrons. The smallest absolute Gasteiger partial charge is 0.338 e. The monoisotopic (exact) mass is 357 g/mol. The summed E-state index contributed by atoms with van der Waals surface area (Å²) in [6.45, 7) is 0. The number of anilines is 1. The van der Waals surface area contributed by atoms with Crippen molar-refractivity contribution >= 4 is 23.5 Å². The van der Waals surface area contributed by atoms with Crippen molar-refractivity contribution in [2.75, 3.05) is 26.2 Å². The number of carbonyl (C=O) groups is 3. The van der Waals surface area contributed by atoms with Gasteiger partial charge in [-0.15, -0.1) is 0 Å². The maximum atomic E-state index is 12.8. The zero-order valence-corrected chi connectivity index (χ0v) is 14.2. The molecule has 2 amide bonds. The summed E-state index contributed by atoms with van der Waals surface area (Å²) >= 11 is 0. The number of fused-ring (bicyclic) bond motifs is 1. The SMILES string of the molecule is COc1cc(C(=O)O)c(N2C(=O)c3ccccc3C2=O)c(OC)c1OC. The van der Waals surface area contributed by atoms with E-state index in [1.165, 1.54) is 39.5 Å². The third-order valence-corrected chi connectivity index (χ3v) is 4.05. The number of carboxylic acids is 1. The van der Waals surface area contributed by atoms with Crippen molar-refractivity contribution in [1.82, 2.24) is 0 Å². The molecule has 0 radical (unpaired) electrons. The summed E-state index contributed by atoms with van der Waals surface area (Å²) in [7, 11) is 3.96. The lowest BCUT2D eigenvalue weighted by Crippen LogP contribution is -2.31. The van der Waals surface area contributed by atoms with E-state index in [1.54, 1.807) is 12.1 Å². The zero-order chi connectivity index (χ0) is 19.0. The number of carboxylic acid groups (broad SMARTS) is 1. The molecule has 0 aromatic heterocycles. The summed E-state index contributed by atoms with van der Waals surface area (Å²) in [4.78, 5) is 38.2. The van der Waals surface area contributed by atoms with Crippen LogP contribution in [0, 0.1) is 0 Å². The Labute approximate surface area is 148 Å². The van der Waals surface area contributed by atoms with Crippen LogP contribution in [0.25, 0.3) is 0 Å². The van der Waals surface area contributed by atoms with E-state index in [2.05, 4.69) is 0 Å². The third-order valence-electron chi connectivity index (χ3n) is 4.05. The molecule has 0 aliphatic carbocycles. The van der Waals surface area contributed by atoms with Crippen LogP contribution in [0.4, 0.5) is 5.69 Å². The van der Waals surface area contributed by atoms with Gasteiger partial charge in [0.05, 0.1) is 38.0 Å². The Morgan fingerprint density at radius 1 is 0.923 bits per heavy atom. The lowest BCUT2D eigenvalue weighted by Gasteiger charge is -2.22. The third kappa shape index (κ3) is 2.34. The van der Waals surface area contributed by atoms with Crippen molar-refractivity contribution in [2.45, 2.75) is 0 Å². The van der Waals surface area contributed by atoms with E-state index in [0.29, 0.717) is 0 Å². The highest BCUT2D eigenvalue weighted by Gasteiger charge is 2.41. The second-order valence-corrected chi connectivity index (χ2v) is 5.34. The number of ether oxygens (including phenoxy) is 3. The fraction of sp³-hybridized carbons (Fsp3) is 0.167. The average Bonchev–Trinajstić information content (AvgIpc) is 2.90. The molecule has 0 spiro atoms. The number of amides is 2. The number of imide groups is 1. The van der Waals surface area contributed by atoms with Crippen LogP contribution in [0.1, 0.15) is 31.1 Å². The molecule has 0 fully saturated rings. The molecule has 1 N–H and O–H groups in total. The van der Waals surface area contributed by atoms with Gasteiger partial charge in [-0.1, -0.05) is 12.1 Å². The molecule has 8 heteroatoms. The fourth-order valence-electron chi connectivity index (χ4n) is 2.92. The van der Waals surface area contributed by atoms with Crippen molar-refractivity contribution < 1.29 is 33.7 Å². The minimum atomic E-state index is -1.35. The van der Waals surface area contributed by atoms with Gasteiger partial charge in [-0.2, -0.15) is 0 Å². The maximum Gasteiger partial charge on any atom is 0.338 e. The highest BCUT2D eigenvalue weighted by molar-refractivity contribution is 6.36. The van der Waals surface area contributed by atoms with E-state index in [1.807, 2.05) is 0 Å². The van der Waals surface area contributed by atoms with Crippen LogP contribution >= 0.6 is 0 Å². The molecule has 26 heavy (non-hydrogen) atoms. The van der Waals surface area contributed by atoms with Gasteiger partial charge in [0.2, 0.25) is 5.75 Å². The minimum absolute atomic E-state index is 0.0755. The predicted molar refractivity (Wildman–Crippen MR) is 90.6 cm³/mol. The molecule has 1 heterocycles. The number of benzene rings is 2. The van der Waals surface area contributed by atoms with Crippen molar-refractivity contribution in [3.05, 3.63) is 47.0 Å². The Morgan fingerprint density at radius 2 is 1.46 bits per heavy atom. The number of carbonyl (C=O) groups excluding carboxylic acids is 2. The van der Waals surface area contributed by atoms with Gasteiger partial charge in [-0.3, -0.25) is 9.59 Å². The van der Waals surface area contributed by atoms with Crippen molar-refractivity contribution in [3.63, 3.8) is 0 Å². The van der Waals surface area contributed by atoms with E-state index >= 15 is 0 Å². The number of aromatic carboxylic acids is 1. The molecule has 1 aliphatic heterocycles. The van der Waals surface area contributed by atoms with E-state index in [4.69, 9.17) is 14.2 Å². The summed E-state index contributed by atoms with van der Waals surface area (Å²) in [6, 6.07) is 7.43. The first-order valence-corrected chi connectivity index (χ1v) is 7.50. The molecule has 1 aliphatic rings. The summed E-state index contributed by atoms with van der Waals surface area (Å²) in [6.07, 6.45) is 0. The van der Waals surface area contributed by atoms with Gasteiger partial charge in [0, 0.05) is 6.07 Å². The number of hydrogen-bond acceptors (Lipinski definition) is 6. The number of methoxy groups -OCH3 is 3. The van der Waals surface area contributed by atoms with Gasteiger partial charge < -0.3 is 19.3 Å². The highest BCUT2D eigenvalue weighted by atomic mass is 16.5. The number of hydrogen-bond donors (Lipinski definition) is 1. The van der Waals surface area contributed by atoms with Crippen LogP contribution < -0.4 is 19.1 Å². The van der Waals surface area contributed by atoms with Gasteiger partial charge in [0.15, 0.2) is 11.5 Å². The fourth-order valence-corrected chi connectivity index (χ4v) is 2.92. The summed E-state index contributed by atoms with van der Waals surface area (Å²) in [5.41, 5.74) is -0.158. The number of nitrogens with zero attached hydrogens (tertiary/aromatic N) is 1. The summed E-state index contributed by atoms with van der Waals surface area (Å²) in [5.74, 6) is -2.54. The lowest BCUT2D eigenvalue weighted by atomic mass is 10.1. The molecule has 0 atom stereocenters. The second kappa shape index (κ2) is 6.40. The number of rotatable bonds is 5. The quantitative estimate of drug-likeness (QED) is 0.819. The summed E-state index contributed by atoms with van der Waals surface area (Å²) in [5, 5.41) is 9.62. The van der Waals surface area contributed by atoms with Crippen LogP contribution in [0.2, 0.25) is 0 Å². The standard InChI is InChI=1S/C18H15NO7/c1-24-12-8-11(18(22)23)13(15(26-3)14(12)25-2)19-16(20)9-6-4-5-7-10(9)17(19)21/h4-8H,1-3H3,(H,22,23). The molecular weight excluding hydrogens is 342 g/mol. The Morgan fingerprint density at radius 3 is 1.88 bits per heavy atom. The van der Waals surface area contributed by atoms with Crippen LogP contribution in [0.5, 0.6) is 17.2 Å². The molecule has 2 aromatic carbocycles. The maximum absolute atomic E-state index is 12.8. The highest BCUT2D eigenvalue weighted by Crippen LogP contribution is 2.48. The Kier molecular flexibility index (Phi) is 4.25. The summed E-state index contributed by atoms with van der Waals surface area (Å²) < 4.78 is 15.7. The Bertz CT molecular complexity index is 900. The largest absolute Gasteiger partial charge is 0.493 e. The van der Waals surface area contributed by atoms with Gasteiger partial charge in [-0.25, -0.2) is 9.69 Å². The van der Waals surface area contributed by atoms with E-state index in [9.17, 15) is 19.5 Å². The first-order valence-electron chi connectivity index (χ1n) is 7.50. The lowest BCUT2D eigenvalue weighted by molar-refractivity contribution is 0.0697. The average molecular weight is 357 g/mol. The van der Waals surface area contributed by atoms with Crippen molar-refractivity contribution in [1.29, 1.82) is 0 Å². The van der Waals surface area contributed by atoms with Crippen molar-refractivity contribution in [2.24, 2.45) is 0 Å². The molecule has 2 aromatic rings. The molecule has 0 saturated carbocycles. The van der Waals surface area contributed by atoms with Crippen LogP contribution in [-0.4, -0.2) is 44.2 Å². The van der Waals surface area contributed by atoms with E-state index < -0.39 is 17.8 Å². The Hall–Kier alpha value is -3.55. The molecule has 0 unspecified atom stereocenters. The van der Waals surface area contributed by atoms with Crippen molar-refractivity contribution in [3.8, 4) is 17.2 Å². The van der Waals surface area contributed by atoms with Crippen LogP contribution in [0.15, 0.2) is 30.3 Å². The first kappa shape index (κ1) is 17.3. The Balaban J connectivity index is 2.33. The second-order valence-electron chi connectivity index (χ2n) is 5.34. The van der Waals surface area contributed by atoms with E-state index in [0.717, 1.165) is 4.90 Å². The molecule has 8 nitrogen and oxygen atoms in total. The molecular formula is C18H15NO7. The van der Waals surface area contributed by atoms with Crippen LogP contribution in [0.3, 0.4) is 0 Å². The van der Waals surface area contributed by atoms with E-state index in [-0.39, 0.29) is 39.6 Å². The molecule has 0 saturated heterocycles.